The monoisotopic (exact) mass is 323 g/mol. The maximum Gasteiger partial charge on any atom is 0.410 e. The van der Waals surface area contributed by atoms with Crippen molar-refractivity contribution in [3.63, 3.8) is 0 Å². The molecule has 1 aliphatic rings. The van der Waals surface area contributed by atoms with Gasteiger partial charge in [-0.25, -0.2) is 4.79 Å². The topological polar surface area (TPSA) is 29.5 Å². The maximum absolute atomic E-state index is 12.1. The first-order valence-electron chi connectivity index (χ1n) is 7.97. The largest absolute Gasteiger partial charge is 0.444 e. The minimum atomic E-state index is -0.422. The summed E-state index contributed by atoms with van der Waals surface area (Å²) in [6.45, 7) is 9.39. The Morgan fingerprint density at radius 1 is 1.32 bits per heavy atom. The van der Waals surface area contributed by atoms with E-state index in [2.05, 4.69) is 13.0 Å². The third-order valence-electron chi connectivity index (χ3n) is 4.08. The van der Waals surface area contributed by atoms with Crippen molar-refractivity contribution >= 4 is 17.7 Å². The van der Waals surface area contributed by atoms with Gasteiger partial charge in [-0.1, -0.05) is 17.7 Å². The fourth-order valence-corrected chi connectivity index (χ4v) is 3.07. The molecule has 1 amide bonds. The van der Waals surface area contributed by atoms with Crippen molar-refractivity contribution < 1.29 is 9.53 Å². The average Bonchev–Trinajstić information content (AvgIpc) is 2.41. The van der Waals surface area contributed by atoms with E-state index < -0.39 is 5.60 Å². The summed E-state index contributed by atoms with van der Waals surface area (Å²) < 4.78 is 5.44. The maximum atomic E-state index is 12.1. The Hall–Kier alpha value is -1.22. The highest BCUT2D eigenvalue weighted by atomic mass is 35.5. The van der Waals surface area contributed by atoms with Crippen molar-refractivity contribution in [3.8, 4) is 0 Å². The predicted octanol–water partition coefficient (Wildman–Crippen LogP) is 4.84. The zero-order valence-electron chi connectivity index (χ0n) is 14.0. The lowest BCUT2D eigenvalue weighted by atomic mass is 9.89. The van der Waals surface area contributed by atoms with Crippen LogP contribution in [-0.2, 0) is 11.2 Å². The number of nitrogens with zero attached hydrogens (tertiary/aromatic N) is 1. The summed E-state index contributed by atoms with van der Waals surface area (Å²) in [4.78, 5) is 13.9. The molecule has 0 aromatic heterocycles. The number of amides is 1. The SMILES string of the molecule is Cc1cc(Cl)ccc1CC1CCN(C(=O)OC(C)(C)C)CC1. The molecule has 4 heteroatoms. The summed E-state index contributed by atoms with van der Waals surface area (Å²) in [5.41, 5.74) is 2.19. The molecule has 1 aromatic carbocycles. The zero-order valence-corrected chi connectivity index (χ0v) is 14.7. The summed E-state index contributed by atoms with van der Waals surface area (Å²) in [5.74, 6) is 0.624. The molecule has 1 heterocycles. The molecule has 0 bridgehead atoms. The number of ether oxygens (including phenoxy) is 1. The van der Waals surface area contributed by atoms with Gasteiger partial charge in [0.2, 0.25) is 0 Å². The van der Waals surface area contributed by atoms with E-state index in [4.69, 9.17) is 16.3 Å². The number of aryl methyl sites for hydroxylation is 1. The molecule has 22 heavy (non-hydrogen) atoms. The highest BCUT2D eigenvalue weighted by Gasteiger charge is 2.27. The van der Waals surface area contributed by atoms with Gasteiger partial charge in [0, 0.05) is 18.1 Å². The standard InChI is InChI=1S/C18H26ClNO2/c1-13-11-16(19)6-5-15(13)12-14-7-9-20(10-8-14)17(21)22-18(2,3)4/h5-6,11,14H,7-10,12H2,1-4H3. The van der Waals surface area contributed by atoms with Crippen LogP contribution in [0.2, 0.25) is 5.02 Å². The van der Waals surface area contributed by atoms with Crippen LogP contribution in [0.25, 0.3) is 0 Å². The van der Waals surface area contributed by atoms with E-state index >= 15 is 0 Å². The number of carbonyl (C=O) groups excluding carboxylic acids is 1. The second-order valence-electron chi connectivity index (χ2n) is 7.19. The first kappa shape index (κ1) is 17.1. The van der Waals surface area contributed by atoms with E-state index in [9.17, 15) is 4.79 Å². The van der Waals surface area contributed by atoms with Gasteiger partial charge >= 0.3 is 6.09 Å². The highest BCUT2D eigenvalue weighted by Crippen LogP contribution is 2.25. The third-order valence-corrected chi connectivity index (χ3v) is 4.31. The highest BCUT2D eigenvalue weighted by molar-refractivity contribution is 6.30. The van der Waals surface area contributed by atoms with Gasteiger partial charge in [0.1, 0.15) is 5.60 Å². The summed E-state index contributed by atoms with van der Waals surface area (Å²) in [5, 5.41) is 0.793. The zero-order chi connectivity index (χ0) is 16.3. The van der Waals surface area contributed by atoms with Gasteiger partial charge < -0.3 is 9.64 Å². The van der Waals surface area contributed by atoms with Crippen LogP contribution in [0, 0.1) is 12.8 Å². The van der Waals surface area contributed by atoms with Gasteiger partial charge in [0.15, 0.2) is 0 Å². The molecule has 0 spiro atoms. The fourth-order valence-electron chi connectivity index (χ4n) is 2.85. The van der Waals surface area contributed by atoms with Crippen LogP contribution in [0.3, 0.4) is 0 Å². The summed E-state index contributed by atoms with van der Waals surface area (Å²) >= 11 is 6.01. The predicted molar refractivity (Wildman–Crippen MR) is 90.4 cm³/mol. The summed E-state index contributed by atoms with van der Waals surface area (Å²) in [6, 6.07) is 6.10. The first-order chi connectivity index (χ1) is 10.2. The van der Waals surface area contributed by atoms with E-state index in [1.807, 2.05) is 37.8 Å². The van der Waals surface area contributed by atoms with Crippen LogP contribution < -0.4 is 0 Å². The Bertz CT molecular complexity index is 528. The number of benzene rings is 1. The molecule has 3 nitrogen and oxygen atoms in total. The summed E-state index contributed by atoms with van der Waals surface area (Å²) in [6.07, 6.45) is 2.93. The van der Waals surface area contributed by atoms with Crippen LogP contribution >= 0.6 is 11.6 Å². The van der Waals surface area contributed by atoms with E-state index in [-0.39, 0.29) is 6.09 Å². The van der Waals surface area contributed by atoms with E-state index in [1.165, 1.54) is 11.1 Å². The molecule has 0 saturated carbocycles. The molecule has 2 rings (SSSR count). The molecule has 0 atom stereocenters. The minimum absolute atomic E-state index is 0.186. The van der Waals surface area contributed by atoms with Gasteiger partial charge in [0.25, 0.3) is 0 Å². The Balaban J connectivity index is 1.86. The van der Waals surface area contributed by atoms with Gasteiger partial charge in [-0.05, 0) is 76.1 Å². The normalized spacial score (nSPS) is 16.7. The lowest BCUT2D eigenvalue weighted by molar-refractivity contribution is 0.0184. The molecular formula is C18H26ClNO2. The van der Waals surface area contributed by atoms with Crippen molar-refractivity contribution in [1.82, 2.24) is 4.90 Å². The first-order valence-corrected chi connectivity index (χ1v) is 8.35. The molecule has 0 unspecified atom stereocenters. The van der Waals surface area contributed by atoms with E-state index in [0.29, 0.717) is 5.92 Å². The number of carbonyl (C=O) groups is 1. The lowest BCUT2D eigenvalue weighted by Crippen LogP contribution is -2.42. The second-order valence-corrected chi connectivity index (χ2v) is 7.62. The van der Waals surface area contributed by atoms with Crippen molar-refractivity contribution in [2.24, 2.45) is 5.92 Å². The van der Waals surface area contributed by atoms with Crippen molar-refractivity contribution in [2.45, 2.75) is 52.6 Å². The average molecular weight is 324 g/mol. The molecule has 1 fully saturated rings. The third kappa shape index (κ3) is 4.91. The van der Waals surface area contributed by atoms with Crippen molar-refractivity contribution in [3.05, 3.63) is 34.3 Å². The number of halogens is 1. The number of piperidine rings is 1. The number of hydrogen-bond donors (Lipinski definition) is 0. The number of likely N-dealkylation sites (tertiary alicyclic amines) is 1. The molecular weight excluding hydrogens is 298 g/mol. The Morgan fingerprint density at radius 3 is 2.50 bits per heavy atom. The minimum Gasteiger partial charge on any atom is -0.444 e. The van der Waals surface area contributed by atoms with Crippen molar-refractivity contribution in [2.75, 3.05) is 13.1 Å². The Morgan fingerprint density at radius 2 is 1.95 bits per heavy atom. The van der Waals surface area contributed by atoms with E-state index in [0.717, 1.165) is 37.4 Å². The molecule has 0 radical (unpaired) electrons. The molecule has 122 valence electrons. The Kier molecular flexibility index (Phi) is 5.38. The molecule has 1 aliphatic heterocycles. The molecule has 1 aromatic rings. The van der Waals surface area contributed by atoms with Gasteiger partial charge in [0.05, 0.1) is 0 Å². The van der Waals surface area contributed by atoms with Crippen LogP contribution in [0.5, 0.6) is 0 Å². The van der Waals surface area contributed by atoms with Gasteiger partial charge in [-0.15, -0.1) is 0 Å². The summed E-state index contributed by atoms with van der Waals surface area (Å²) in [7, 11) is 0. The molecule has 1 saturated heterocycles. The molecule has 0 aliphatic carbocycles. The smallest absolute Gasteiger partial charge is 0.410 e. The molecule has 0 N–H and O–H groups in total. The quantitative estimate of drug-likeness (QED) is 0.779. The van der Waals surface area contributed by atoms with Crippen LogP contribution in [0.1, 0.15) is 44.7 Å². The fraction of sp³-hybridized carbons (Fsp3) is 0.611. The lowest BCUT2D eigenvalue weighted by Gasteiger charge is -2.33. The van der Waals surface area contributed by atoms with Crippen molar-refractivity contribution in [1.29, 1.82) is 0 Å². The van der Waals surface area contributed by atoms with Crippen LogP contribution in [0.4, 0.5) is 4.79 Å². The van der Waals surface area contributed by atoms with Crippen LogP contribution in [0.15, 0.2) is 18.2 Å². The van der Waals surface area contributed by atoms with Crippen LogP contribution in [-0.4, -0.2) is 29.7 Å². The number of hydrogen-bond acceptors (Lipinski definition) is 2. The number of rotatable bonds is 2. The van der Waals surface area contributed by atoms with E-state index in [1.54, 1.807) is 0 Å². The van der Waals surface area contributed by atoms with Gasteiger partial charge in [-0.3, -0.25) is 0 Å². The second kappa shape index (κ2) is 6.91. The Labute approximate surface area is 138 Å². The van der Waals surface area contributed by atoms with Gasteiger partial charge in [-0.2, -0.15) is 0 Å².